The molecule has 1 amide bonds. The van der Waals surface area contributed by atoms with Crippen LogP contribution in [0.3, 0.4) is 0 Å². The number of anilines is 2. The van der Waals surface area contributed by atoms with Crippen LogP contribution in [0.4, 0.5) is 24.7 Å². The second kappa shape index (κ2) is 5.57. The molecule has 0 aliphatic rings. The van der Waals surface area contributed by atoms with E-state index in [1.54, 1.807) is 0 Å². The van der Waals surface area contributed by atoms with Gasteiger partial charge in [0, 0.05) is 6.20 Å². The van der Waals surface area contributed by atoms with Crippen LogP contribution in [0.2, 0.25) is 0 Å². The van der Waals surface area contributed by atoms with E-state index in [1.807, 2.05) is 0 Å². The number of benzene rings is 1. The van der Waals surface area contributed by atoms with Gasteiger partial charge in [-0.2, -0.15) is 0 Å². The maximum atomic E-state index is 13.4. The molecule has 0 unspecified atom stereocenters. The van der Waals surface area contributed by atoms with Gasteiger partial charge < -0.3 is 10.7 Å². The monoisotopic (exact) mass is 282 g/mol. The van der Waals surface area contributed by atoms with Crippen LogP contribution >= 0.6 is 0 Å². The number of hydrogen-bond donors (Lipinski definition) is 3. The molecule has 5 nitrogen and oxygen atoms in total. The van der Waals surface area contributed by atoms with E-state index in [-0.39, 0.29) is 11.4 Å². The van der Waals surface area contributed by atoms with Crippen molar-refractivity contribution >= 4 is 17.4 Å². The smallest absolute Gasteiger partial charge is 0.259 e. The highest BCUT2D eigenvalue weighted by atomic mass is 19.2. The van der Waals surface area contributed by atoms with Gasteiger partial charge in [0.15, 0.2) is 23.3 Å². The number of rotatable bonds is 3. The van der Waals surface area contributed by atoms with Crippen molar-refractivity contribution in [3.63, 3.8) is 0 Å². The third kappa shape index (κ3) is 2.54. The molecule has 1 heterocycles. The molecular formula is C12H9F3N4O. The fraction of sp³-hybridized carbons (Fsp3) is 0. The Balaban J connectivity index is 2.31. The molecule has 0 bridgehead atoms. The highest BCUT2D eigenvalue weighted by molar-refractivity contribution is 6.07. The van der Waals surface area contributed by atoms with Gasteiger partial charge >= 0.3 is 0 Å². The lowest BCUT2D eigenvalue weighted by atomic mass is 10.2. The number of pyridine rings is 1. The van der Waals surface area contributed by atoms with Gasteiger partial charge in [0.1, 0.15) is 0 Å². The van der Waals surface area contributed by atoms with Crippen LogP contribution in [-0.4, -0.2) is 10.9 Å². The molecule has 4 N–H and O–H groups in total. The Morgan fingerprint density at radius 1 is 1.15 bits per heavy atom. The standard InChI is InChI=1S/C12H9F3N4O/c13-7-3-4-8(10(15)9(7)14)18-12(20)6-2-1-5-17-11(6)19-16/h1-5H,16H2,(H,17,19)(H,18,20). The molecule has 1 aromatic heterocycles. The first kappa shape index (κ1) is 13.8. The predicted molar refractivity (Wildman–Crippen MR) is 66.3 cm³/mol. The first-order chi connectivity index (χ1) is 9.54. The first-order valence-electron chi connectivity index (χ1n) is 5.41. The second-order valence-corrected chi connectivity index (χ2v) is 3.72. The number of amides is 1. The van der Waals surface area contributed by atoms with E-state index >= 15 is 0 Å². The molecule has 1 aromatic carbocycles. The summed E-state index contributed by atoms with van der Waals surface area (Å²) in [5, 5.41) is 2.11. The van der Waals surface area contributed by atoms with Crippen molar-refractivity contribution in [3.05, 3.63) is 53.5 Å². The molecule has 104 valence electrons. The maximum absolute atomic E-state index is 13.4. The lowest BCUT2D eigenvalue weighted by Gasteiger charge is -2.09. The lowest BCUT2D eigenvalue weighted by Crippen LogP contribution is -2.19. The molecule has 0 fully saturated rings. The Kier molecular flexibility index (Phi) is 3.85. The normalized spacial score (nSPS) is 10.2. The third-order valence-corrected chi connectivity index (χ3v) is 2.47. The van der Waals surface area contributed by atoms with Gasteiger partial charge in [-0.25, -0.2) is 24.0 Å². The van der Waals surface area contributed by atoms with E-state index < -0.39 is 29.0 Å². The lowest BCUT2D eigenvalue weighted by molar-refractivity contribution is 0.102. The summed E-state index contributed by atoms with van der Waals surface area (Å²) in [6.45, 7) is 0. The van der Waals surface area contributed by atoms with Gasteiger partial charge in [0.25, 0.3) is 5.91 Å². The quantitative estimate of drug-likeness (QED) is 0.457. The minimum absolute atomic E-state index is 0.0270. The fourth-order valence-electron chi connectivity index (χ4n) is 1.52. The summed E-state index contributed by atoms with van der Waals surface area (Å²) < 4.78 is 39.3. The molecular weight excluding hydrogens is 273 g/mol. The highest BCUT2D eigenvalue weighted by Gasteiger charge is 2.17. The summed E-state index contributed by atoms with van der Waals surface area (Å²) in [6.07, 6.45) is 1.39. The van der Waals surface area contributed by atoms with E-state index in [2.05, 4.69) is 15.7 Å². The van der Waals surface area contributed by atoms with Crippen LogP contribution in [0, 0.1) is 17.5 Å². The molecule has 2 rings (SSSR count). The van der Waals surface area contributed by atoms with Crippen molar-refractivity contribution in [1.29, 1.82) is 0 Å². The van der Waals surface area contributed by atoms with Crippen LogP contribution in [-0.2, 0) is 0 Å². The number of nitrogens with two attached hydrogens (primary N) is 1. The van der Waals surface area contributed by atoms with Crippen molar-refractivity contribution in [3.8, 4) is 0 Å². The summed E-state index contributed by atoms with van der Waals surface area (Å²) in [5.41, 5.74) is 1.74. The van der Waals surface area contributed by atoms with E-state index in [9.17, 15) is 18.0 Å². The number of hydrogen-bond acceptors (Lipinski definition) is 4. The number of aromatic nitrogens is 1. The molecule has 0 saturated carbocycles. The second-order valence-electron chi connectivity index (χ2n) is 3.72. The minimum atomic E-state index is -1.66. The summed E-state index contributed by atoms with van der Waals surface area (Å²) in [4.78, 5) is 15.7. The van der Waals surface area contributed by atoms with E-state index in [0.29, 0.717) is 6.07 Å². The predicted octanol–water partition coefficient (Wildman–Crippen LogP) is 2.04. The zero-order valence-electron chi connectivity index (χ0n) is 9.95. The molecule has 0 spiro atoms. The molecule has 0 saturated heterocycles. The minimum Gasteiger partial charge on any atom is -0.319 e. The van der Waals surface area contributed by atoms with Crippen LogP contribution in [0.5, 0.6) is 0 Å². The highest BCUT2D eigenvalue weighted by Crippen LogP contribution is 2.21. The molecule has 0 aliphatic heterocycles. The number of carbonyl (C=O) groups excluding carboxylic acids is 1. The Morgan fingerprint density at radius 3 is 2.60 bits per heavy atom. The van der Waals surface area contributed by atoms with Crippen molar-refractivity contribution in [2.45, 2.75) is 0 Å². The van der Waals surface area contributed by atoms with Crippen molar-refractivity contribution in [2.24, 2.45) is 5.84 Å². The average Bonchev–Trinajstić information content (AvgIpc) is 2.47. The average molecular weight is 282 g/mol. The van der Waals surface area contributed by atoms with Gasteiger partial charge in [0.2, 0.25) is 0 Å². The van der Waals surface area contributed by atoms with Gasteiger partial charge in [-0.15, -0.1) is 0 Å². The summed E-state index contributed by atoms with van der Waals surface area (Å²) in [6, 6.07) is 4.48. The molecule has 8 heteroatoms. The number of carbonyl (C=O) groups is 1. The SMILES string of the molecule is NNc1ncccc1C(=O)Nc1ccc(F)c(F)c1F. The Labute approximate surface area is 111 Å². The Hall–Kier alpha value is -2.61. The number of hydrazine groups is 1. The summed E-state index contributed by atoms with van der Waals surface area (Å²) >= 11 is 0. The van der Waals surface area contributed by atoms with Gasteiger partial charge in [-0.05, 0) is 24.3 Å². The zero-order valence-corrected chi connectivity index (χ0v) is 9.95. The fourth-order valence-corrected chi connectivity index (χ4v) is 1.52. The molecule has 0 atom stereocenters. The van der Waals surface area contributed by atoms with Crippen LogP contribution in [0.1, 0.15) is 10.4 Å². The number of nitrogen functional groups attached to an aromatic ring is 1. The molecule has 0 radical (unpaired) electrons. The van der Waals surface area contributed by atoms with Gasteiger partial charge in [-0.1, -0.05) is 0 Å². The van der Waals surface area contributed by atoms with Crippen molar-refractivity contribution in [1.82, 2.24) is 4.98 Å². The zero-order chi connectivity index (χ0) is 14.7. The van der Waals surface area contributed by atoms with Gasteiger partial charge in [0.05, 0.1) is 11.3 Å². The van der Waals surface area contributed by atoms with E-state index in [1.165, 1.54) is 18.3 Å². The third-order valence-electron chi connectivity index (χ3n) is 2.47. The molecule has 0 aliphatic carbocycles. The molecule has 20 heavy (non-hydrogen) atoms. The van der Waals surface area contributed by atoms with Crippen molar-refractivity contribution in [2.75, 3.05) is 10.7 Å². The van der Waals surface area contributed by atoms with Crippen molar-refractivity contribution < 1.29 is 18.0 Å². The first-order valence-corrected chi connectivity index (χ1v) is 5.41. The van der Waals surface area contributed by atoms with E-state index in [4.69, 9.17) is 5.84 Å². The Bertz CT molecular complexity index is 663. The Morgan fingerprint density at radius 2 is 1.90 bits per heavy atom. The maximum Gasteiger partial charge on any atom is 0.259 e. The van der Waals surface area contributed by atoms with Gasteiger partial charge in [-0.3, -0.25) is 4.79 Å². The summed E-state index contributed by atoms with van der Waals surface area (Å²) in [7, 11) is 0. The van der Waals surface area contributed by atoms with E-state index in [0.717, 1.165) is 6.07 Å². The largest absolute Gasteiger partial charge is 0.319 e. The number of nitrogens with zero attached hydrogens (tertiary/aromatic N) is 1. The summed E-state index contributed by atoms with van der Waals surface area (Å²) in [5.74, 6) is -0.00954. The molecule has 2 aromatic rings. The topological polar surface area (TPSA) is 80.0 Å². The number of nitrogens with one attached hydrogen (secondary N) is 2. The van der Waals surface area contributed by atoms with Crippen LogP contribution in [0.15, 0.2) is 30.5 Å². The number of halogens is 3. The van der Waals surface area contributed by atoms with Crippen LogP contribution < -0.4 is 16.6 Å². The van der Waals surface area contributed by atoms with Crippen LogP contribution in [0.25, 0.3) is 0 Å².